The van der Waals surface area contributed by atoms with Crippen LogP contribution in [0.3, 0.4) is 0 Å². The molecule has 0 aromatic heterocycles. The second-order valence-electron chi connectivity index (χ2n) is 4.91. The van der Waals surface area contributed by atoms with E-state index in [0.29, 0.717) is 12.1 Å². The van der Waals surface area contributed by atoms with Gasteiger partial charge in [-0.3, -0.25) is 0 Å². The number of hydrogen-bond donors (Lipinski definition) is 1. The van der Waals surface area contributed by atoms with Crippen molar-refractivity contribution < 1.29 is 4.74 Å². The molecule has 1 fully saturated rings. The Morgan fingerprint density at radius 2 is 1.87 bits per heavy atom. The first-order chi connectivity index (χ1) is 7.26. The van der Waals surface area contributed by atoms with Gasteiger partial charge >= 0.3 is 0 Å². The van der Waals surface area contributed by atoms with Crippen molar-refractivity contribution in [2.45, 2.75) is 65.0 Å². The van der Waals surface area contributed by atoms with Gasteiger partial charge in [0.15, 0.2) is 0 Å². The van der Waals surface area contributed by atoms with E-state index in [1.165, 1.54) is 32.1 Å². The lowest BCUT2D eigenvalue weighted by Crippen LogP contribution is -2.42. The van der Waals surface area contributed by atoms with Crippen LogP contribution < -0.4 is 5.32 Å². The quantitative estimate of drug-likeness (QED) is 0.732. The molecule has 90 valence electrons. The summed E-state index contributed by atoms with van der Waals surface area (Å²) in [6, 6.07) is 1.41. The van der Waals surface area contributed by atoms with Crippen LogP contribution in [0.1, 0.15) is 52.9 Å². The fourth-order valence-corrected chi connectivity index (χ4v) is 2.20. The monoisotopic (exact) mass is 213 g/mol. The number of ether oxygens (including phenoxy) is 1. The van der Waals surface area contributed by atoms with Crippen LogP contribution in [0.5, 0.6) is 0 Å². The van der Waals surface area contributed by atoms with Crippen LogP contribution in [-0.2, 0) is 4.74 Å². The molecule has 1 aliphatic rings. The summed E-state index contributed by atoms with van der Waals surface area (Å²) in [4.78, 5) is 0. The zero-order valence-electron chi connectivity index (χ0n) is 10.6. The van der Waals surface area contributed by atoms with E-state index in [1.54, 1.807) is 0 Å². The highest BCUT2D eigenvalue weighted by molar-refractivity contribution is 4.76. The molecule has 15 heavy (non-hydrogen) atoms. The molecule has 1 saturated heterocycles. The minimum absolute atomic E-state index is 0.702. The Balaban J connectivity index is 2.25. The van der Waals surface area contributed by atoms with Gasteiger partial charge < -0.3 is 10.1 Å². The Bertz CT molecular complexity index is 155. The van der Waals surface area contributed by atoms with E-state index in [9.17, 15) is 0 Å². The summed E-state index contributed by atoms with van der Waals surface area (Å²) in [6.45, 7) is 8.81. The van der Waals surface area contributed by atoms with Crippen LogP contribution in [0.15, 0.2) is 0 Å². The van der Waals surface area contributed by atoms with E-state index in [1.807, 2.05) is 0 Å². The summed E-state index contributed by atoms with van der Waals surface area (Å²) in [5.41, 5.74) is 0. The van der Waals surface area contributed by atoms with Gasteiger partial charge in [0, 0.05) is 25.3 Å². The third-order valence-electron chi connectivity index (χ3n) is 3.57. The summed E-state index contributed by atoms with van der Waals surface area (Å²) < 4.78 is 5.38. The molecule has 1 N–H and O–H groups in total. The predicted octanol–water partition coefficient (Wildman–Crippen LogP) is 2.97. The fourth-order valence-electron chi connectivity index (χ4n) is 2.20. The zero-order valence-corrected chi connectivity index (χ0v) is 10.6. The number of rotatable bonds is 6. The van der Waals surface area contributed by atoms with Crippen LogP contribution in [0.4, 0.5) is 0 Å². The zero-order chi connectivity index (χ0) is 11.1. The minimum Gasteiger partial charge on any atom is -0.381 e. The Labute approximate surface area is 94.8 Å². The van der Waals surface area contributed by atoms with Crippen molar-refractivity contribution in [3.8, 4) is 0 Å². The average Bonchev–Trinajstić information content (AvgIpc) is 2.29. The second-order valence-corrected chi connectivity index (χ2v) is 4.91. The second kappa shape index (κ2) is 7.24. The van der Waals surface area contributed by atoms with Gasteiger partial charge in [-0.05, 0) is 31.6 Å². The van der Waals surface area contributed by atoms with E-state index in [4.69, 9.17) is 4.74 Å². The van der Waals surface area contributed by atoms with Crippen LogP contribution >= 0.6 is 0 Å². The van der Waals surface area contributed by atoms with Crippen LogP contribution in [0.25, 0.3) is 0 Å². The van der Waals surface area contributed by atoms with Crippen molar-refractivity contribution >= 4 is 0 Å². The van der Waals surface area contributed by atoms with Gasteiger partial charge in [-0.25, -0.2) is 0 Å². The van der Waals surface area contributed by atoms with Gasteiger partial charge in [0.25, 0.3) is 0 Å². The minimum atomic E-state index is 0.702. The summed E-state index contributed by atoms with van der Waals surface area (Å²) in [5, 5.41) is 3.79. The lowest BCUT2D eigenvalue weighted by molar-refractivity contribution is 0.0737. The maximum Gasteiger partial charge on any atom is 0.0480 e. The van der Waals surface area contributed by atoms with E-state index in [-0.39, 0.29) is 0 Å². The number of nitrogens with one attached hydrogen (secondary N) is 1. The summed E-state index contributed by atoms with van der Waals surface area (Å²) in [5.74, 6) is 0.849. The topological polar surface area (TPSA) is 21.3 Å². The highest BCUT2D eigenvalue weighted by atomic mass is 16.5. The third-order valence-corrected chi connectivity index (χ3v) is 3.57. The van der Waals surface area contributed by atoms with Gasteiger partial charge in [-0.1, -0.05) is 27.2 Å². The molecular weight excluding hydrogens is 186 g/mol. The Morgan fingerprint density at radius 3 is 2.40 bits per heavy atom. The summed E-state index contributed by atoms with van der Waals surface area (Å²) >= 11 is 0. The predicted molar refractivity (Wildman–Crippen MR) is 65.1 cm³/mol. The normalized spacial score (nSPS) is 22.6. The lowest BCUT2D eigenvalue weighted by Gasteiger charge is -2.29. The van der Waals surface area contributed by atoms with Crippen LogP contribution in [0, 0.1) is 5.92 Å². The maximum atomic E-state index is 5.38. The largest absolute Gasteiger partial charge is 0.381 e. The molecule has 2 atom stereocenters. The van der Waals surface area contributed by atoms with Gasteiger partial charge in [0.2, 0.25) is 0 Å². The first kappa shape index (κ1) is 13.0. The average molecular weight is 213 g/mol. The van der Waals surface area contributed by atoms with E-state index >= 15 is 0 Å². The molecular formula is C13H27NO. The molecule has 0 aromatic carbocycles. The van der Waals surface area contributed by atoms with Crippen molar-refractivity contribution in [3.63, 3.8) is 0 Å². The highest BCUT2D eigenvalue weighted by Crippen LogP contribution is 2.15. The summed E-state index contributed by atoms with van der Waals surface area (Å²) in [7, 11) is 0. The molecule has 0 amide bonds. The van der Waals surface area contributed by atoms with Crippen molar-refractivity contribution in [3.05, 3.63) is 0 Å². The molecule has 2 nitrogen and oxygen atoms in total. The molecule has 2 heteroatoms. The first-order valence-electron chi connectivity index (χ1n) is 6.60. The Morgan fingerprint density at radius 1 is 1.20 bits per heavy atom. The standard InChI is InChI=1S/C13H27NO/c1-4-11(3)10-12(5-2)14-13-6-8-15-9-7-13/h11-14H,4-10H2,1-3H3. The van der Waals surface area contributed by atoms with E-state index < -0.39 is 0 Å². The molecule has 1 heterocycles. The van der Waals surface area contributed by atoms with Crippen molar-refractivity contribution in [1.82, 2.24) is 5.32 Å². The lowest BCUT2D eigenvalue weighted by atomic mass is 9.96. The molecule has 1 aliphatic heterocycles. The van der Waals surface area contributed by atoms with Gasteiger partial charge in [-0.15, -0.1) is 0 Å². The van der Waals surface area contributed by atoms with E-state index in [2.05, 4.69) is 26.1 Å². The maximum absolute atomic E-state index is 5.38. The van der Waals surface area contributed by atoms with E-state index in [0.717, 1.165) is 19.1 Å². The highest BCUT2D eigenvalue weighted by Gasteiger charge is 2.18. The van der Waals surface area contributed by atoms with Crippen molar-refractivity contribution in [2.24, 2.45) is 5.92 Å². The molecule has 2 unspecified atom stereocenters. The molecule has 1 rings (SSSR count). The van der Waals surface area contributed by atoms with Gasteiger partial charge in [-0.2, -0.15) is 0 Å². The Kier molecular flexibility index (Phi) is 6.26. The smallest absolute Gasteiger partial charge is 0.0480 e. The van der Waals surface area contributed by atoms with Crippen molar-refractivity contribution in [2.75, 3.05) is 13.2 Å². The van der Waals surface area contributed by atoms with Crippen LogP contribution in [-0.4, -0.2) is 25.3 Å². The molecule has 0 aromatic rings. The number of hydrogen-bond acceptors (Lipinski definition) is 2. The molecule has 0 saturated carbocycles. The molecule has 0 bridgehead atoms. The molecule has 0 radical (unpaired) electrons. The van der Waals surface area contributed by atoms with Crippen LogP contribution in [0.2, 0.25) is 0 Å². The van der Waals surface area contributed by atoms with Gasteiger partial charge in [0.05, 0.1) is 0 Å². The van der Waals surface area contributed by atoms with Crippen molar-refractivity contribution in [1.29, 1.82) is 0 Å². The summed E-state index contributed by atoms with van der Waals surface area (Å²) in [6.07, 6.45) is 6.26. The molecule has 0 spiro atoms. The third kappa shape index (κ3) is 4.98. The SMILES string of the molecule is CCC(C)CC(CC)NC1CCOCC1. The fraction of sp³-hybridized carbons (Fsp3) is 1.00. The van der Waals surface area contributed by atoms with Gasteiger partial charge in [0.1, 0.15) is 0 Å². The Hall–Kier alpha value is -0.0800. The first-order valence-corrected chi connectivity index (χ1v) is 6.60. The molecule has 0 aliphatic carbocycles.